The molecule has 0 atom stereocenters. The standard InChI is InChI=1S/C11H8N2O/c1-7-5-9-8-3-2-4-12-11(8)14-10(9)6-13-7/h2-6H,1H3. The summed E-state index contributed by atoms with van der Waals surface area (Å²) in [5, 5.41) is 2.13. The molecule has 0 amide bonds. The predicted octanol–water partition coefficient (Wildman–Crippen LogP) is 2.68. The molecule has 3 nitrogen and oxygen atoms in total. The molecule has 3 aromatic rings. The van der Waals surface area contributed by atoms with E-state index in [0.29, 0.717) is 5.71 Å². The smallest absolute Gasteiger partial charge is 0.227 e. The van der Waals surface area contributed by atoms with Crippen LogP contribution in [0.5, 0.6) is 0 Å². The third kappa shape index (κ3) is 0.923. The highest BCUT2D eigenvalue weighted by molar-refractivity contribution is 6.03. The second kappa shape index (κ2) is 2.54. The molecular weight excluding hydrogens is 176 g/mol. The minimum Gasteiger partial charge on any atom is -0.436 e. The van der Waals surface area contributed by atoms with Gasteiger partial charge in [0.05, 0.1) is 6.20 Å². The molecule has 0 aromatic carbocycles. The van der Waals surface area contributed by atoms with Crippen molar-refractivity contribution in [2.45, 2.75) is 6.92 Å². The Morgan fingerprint density at radius 3 is 3.07 bits per heavy atom. The van der Waals surface area contributed by atoms with E-state index >= 15 is 0 Å². The van der Waals surface area contributed by atoms with E-state index in [-0.39, 0.29) is 0 Å². The average Bonchev–Trinajstić information content (AvgIpc) is 2.56. The molecule has 0 unspecified atom stereocenters. The first-order chi connectivity index (χ1) is 6.84. The van der Waals surface area contributed by atoms with Crippen LogP contribution in [0.25, 0.3) is 22.1 Å². The molecule has 0 aliphatic rings. The lowest BCUT2D eigenvalue weighted by atomic mass is 10.2. The summed E-state index contributed by atoms with van der Waals surface area (Å²) in [7, 11) is 0. The van der Waals surface area contributed by atoms with E-state index in [9.17, 15) is 0 Å². The number of furan rings is 1. The quantitative estimate of drug-likeness (QED) is 0.539. The second-order valence-corrected chi connectivity index (χ2v) is 3.28. The van der Waals surface area contributed by atoms with Crippen LogP contribution in [0.15, 0.2) is 35.0 Å². The topological polar surface area (TPSA) is 38.9 Å². The molecule has 0 spiro atoms. The van der Waals surface area contributed by atoms with Crippen molar-refractivity contribution < 1.29 is 4.42 Å². The lowest BCUT2D eigenvalue weighted by Crippen LogP contribution is -1.77. The van der Waals surface area contributed by atoms with Gasteiger partial charge in [0.15, 0.2) is 5.58 Å². The Kier molecular flexibility index (Phi) is 1.36. The predicted molar refractivity (Wildman–Crippen MR) is 54.0 cm³/mol. The molecule has 0 radical (unpaired) electrons. The second-order valence-electron chi connectivity index (χ2n) is 3.28. The zero-order chi connectivity index (χ0) is 9.54. The Bertz CT molecular complexity index is 613. The van der Waals surface area contributed by atoms with Crippen LogP contribution in [0.3, 0.4) is 0 Å². The molecule has 0 fully saturated rings. The Morgan fingerprint density at radius 1 is 1.21 bits per heavy atom. The summed E-state index contributed by atoms with van der Waals surface area (Å²) >= 11 is 0. The number of hydrogen-bond donors (Lipinski definition) is 0. The first-order valence-corrected chi connectivity index (χ1v) is 4.44. The van der Waals surface area contributed by atoms with Crippen LogP contribution in [0, 0.1) is 6.92 Å². The van der Waals surface area contributed by atoms with Gasteiger partial charge in [-0.25, -0.2) is 4.98 Å². The van der Waals surface area contributed by atoms with Crippen molar-refractivity contribution in [1.82, 2.24) is 9.97 Å². The summed E-state index contributed by atoms with van der Waals surface area (Å²) in [6.07, 6.45) is 3.47. The van der Waals surface area contributed by atoms with E-state index in [1.165, 1.54) is 0 Å². The molecule has 3 heteroatoms. The van der Waals surface area contributed by atoms with Gasteiger partial charge in [0, 0.05) is 22.7 Å². The van der Waals surface area contributed by atoms with E-state index in [1.54, 1.807) is 12.4 Å². The van der Waals surface area contributed by atoms with E-state index < -0.39 is 0 Å². The van der Waals surface area contributed by atoms with Crippen LogP contribution >= 0.6 is 0 Å². The Balaban J connectivity index is 2.58. The van der Waals surface area contributed by atoms with Crippen molar-refractivity contribution in [3.05, 3.63) is 36.3 Å². The number of nitrogens with zero attached hydrogens (tertiary/aromatic N) is 2. The van der Waals surface area contributed by atoms with Gasteiger partial charge in [0.2, 0.25) is 5.71 Å². The number of fused-ring (bicyclic) bond motifs is 3. The molecule has 0 N–H and O–H groups in total. The third-order valence-corrected chi connectivity index (χ3v) is 2.27. The maximum Gasteiger partial charge on any atom is 0.227 e. The molecule has 0 bridgehead atoms. The summed E-state index contributed by atoms with van der Waals surface area (Å²) in [6.45, 7) is 1.97. The van der Waals surface area contributed by atoms with Gasteiger partial charge < -0.3 is 4.42 Å². The minimum atomic E-state index is 0.676. The van der Waals surface area contributed by atoms with Gasteiger partial charge in [0.25, 0.3) is 0 Å². The van der Waals surface area contributed by atoms with Gasteiger partial charge in [-0.2, -0.15) is 0 Å². The van der Waals surface area contributed by atoms with E-state index in [2.05, 4.69) is 9.97 Å². The summed E-state index contributed by atoms with van der Waals surface area (Å²) in [5.41, 5.74) is 2.46. The Morgan fingerprint density at radius 2 is 2.14 bits per heavy atom. The lowest BCUT2D eigenvalue weighted by Gasteiger charge is -1.89. The Labute approximate surface area is 80.4 Å². The van der Waals surface area contributed by atoms with E-state index in [4.69, 9.17) is 4.42 Å². The lowest BCUT2D eigenvalue weighted by molar-refractivity contribution is 0.652. The van der Waals surface area contributed by atoms with Crippen molar-refractivity contribution in [3.8, 4) is 0 Å². The Hall–Kier alpha value is -1.90. The van der Waals surface area contributed by atoms with Crippen molar-refractivity contribution in [3.63, 3.8) is 0 Å². The molecule has 3 heterocycles. The first kappa shape index (κ1) is 7.50. The highest BCUT2D eigenvalue weighted by atomic mass is 16.3. The minimum absolute atomic E-state index is 0.676. The van der Waals surface area contributed by atoms with Gasteiger partial charge in [0.1, 0.15) is 0 Å². The summed E-state index contributed by atoms with van der Waals surface area (Å²) in [5.74, 6) is 0. The number of rotatable bonds is 0. The highest BCUT2D eigenvalue weighted by Gasteiger charge is 2.06. The highest BCUT2D eigenvalue weighted by Crippen LogP contribution is 2.26. The van der Waals surface area contributed by atoms with Crippen molar-refractivity contribution in [2.24, 2.45) is 0 Å². The maximum atomic E-state index is 5.53. The van der Waals surface area contributed by atoms with Crippen LogP contribution in [0.2, 0.25) is 0 Å². The zero-order valence-electron chi connectivity index (χ0n) is 7.69. The molecule has 3 aromatic heterocycles. The largest absolute Gasteiger partial charge is 0.436 e. The molecule has 0 saturated carbocycles. The summed E-state index contributed by atoms with van der Waals surface area (Å²) in [6, 6.07) is 5.93. The number of aromatic nitrogens is 2. The van der Waals surface area contributed by atoms with Crippen LogP contribution in [-0.4, -0.2) is 9.97 Å². The number of pyridine rings is 2. The SMILES string of the molecule is Cc1cc2c(cn1)oc1ncccc12. The summed E-state index contributed by atoms with van der Waals surface area (Å²) < 4.78 is 5.53. The molecule has 3 rings (SSSR count). The number of hydrogen-bond acceptors (Lipinski definition) is 3. The fourth-order valence-corrected chi connectivity index (χ4v) is 1.62. The van der Waals surface area contributed by atoms with Gasteiger partial charge in [-0.15, -0.1) is 0 Å². The van der Waals surface area contributed by atoms with Crippen LogP contribution in [0.1, 0.15) is 5.69 Å². The first-order valence-electron chi connectivity index (χ1n) is 4.44. The molecule has 0 aliphatic heterocycles. The van der Waals surface area contributed by atoms with Gasteiger partial charge in [-0.1, -0.05) is 0 Å². The average molecular weight is 184 g/mol. The normalized spacial score (nSPS) is 11.2. The summed E-state index contributed by atoms with van der Waals surface area (Å²) in [4.78, 5) is 8.33. The number of aryl methyl sites for hydroxylation is 1. The van der Waals surface area contributed by atoms with Crippen LogP contribution in [-0.2, 0) is 0 Å². The maximum absolute atomic E-state index is 5.53. The molecule has 0 aliphatic carbocycles. The van der Waals surface area contributed by atoms with Crippen molar-refractivity contribution in [2.75, 3.05) is 0 Å². The fraction of sp³-hybridized carbons (Fsp3) is 0.0909. The van der Waals surface area contributed by atoms with Crippen LogP contribution < -0.4 is 0 Å². The fourth-order valence-electron chi connectivity index (χ4n) is 1.62. The molecule has 68 valence electrons. The van der Waals surface area contributed by atoms with E-state index in [1.807, 2.05) is 25.1 Å². The third-order valence-electron chi connectivity index (χ3n) is 2.27. The molecule has 14 heavy (non-hydrogen) atoms. The molecular formula is C11H8N2O. The van der Waals surface area contributed by atoms with Gasteiger partial charge >= 0.3 is 0 Å². The monoisotopic (exact) mass is 184 g/mol. The van der Waals surface area contributed by atoms with Crippen molar-refractivity contribution >= 4 is 22.1 Å². The van der Waals surface area contributed by atoms with Crippen LogP contribution in [0.4, 0.5) is 0 Å². The van der Waals surface area contributed by atoms with Gasteiger partial charge in [-0.05, 0) is 25.1 Å². The van der Waals surface area contributed by atoms with E-state index in [0.717, 1.165) is 22.0 Å². The molecule has 0 saturated heterocycles. The van der Waals surface area contributed by atoms with Gasteiger partial charge in [-0.3, -0.25) is 4.98 Å². The van der Waals surface area contributed by atoms with Crippen molar-refractivity contribution in [1.29, 1.82) is 0 Å². The zero-order valence-corrected chi connectivity index (χ0v) is 7.69.